The average molecular weight is 267 g/mol. The Bertz CT molecular complexity index is 768. The fourth-order valence-electron chi connectivity index (χ4n) is 3.04. The van der Waals surface area contributed by atoms with Crippen molar-refractivity contribution in [1.29, 1.82) is 0 Å². The lowest BCUT2D eigenvalue weighted by molar-refractivity contribution is 0.635. The Hall–Kier alpha value is -2.17. The van der Waals surface area contributed by atoms with Crippen LogP contribution in [0.3, 0.4) is 0 Å². The number of imidazole rings is 1. The van der Waals surface area contributed by atoms with Crippen LogP contribution in [0.5, 0.6) is 0 Å². The van der Waals surface area contributed by atoms with Crippen molar-refractivity contribution >= 4 is 5.65 Å². The smallest absolute Gasteiger partial charge is 0.182 e. The summed E-state index contributed by atoms with van der Waals surface area (Å²) < 4.78 is 4.38. The topological polar surface area (TPSA) is 48.0 Å². The maximum atomic E-state index is 4.62. The van der Waals surface area contributed by atoms with E-state index in [1.807, 2.05) is 31.3 Å². The van der Waals surface area contributed by atoms with Crippen molar-refractivity contribution < 1.29 is 0 Å². The van der Waals surface area contributed by atoms with Gasteiger partial charge in [-0.2, -0.15) is 0 Å². The van der Waals surface area contributed by atoms with Crippen LogP contribution < -0.4 is 0 Å². The van der Waals surface area contributed by atoms with Crippen LogP contribution in [0.1, 0.15) is 30.8 Å². The fraction of sp³-hybridized carbons (Fsp3) is 0.400. The summed E-state index contributed by atoms with van der Waals surface area (Å²) in [6, 6.07) is 6.06. The SMILES string of the molecule is Cc1nc2ccccn2c1-c1nnc2n1CCCCC2. The number of rotatable bonds is 1. The molecule has 0 saturated carbocycles. The zero-order chi connectivity index (χ0) is 13.5. The van der Waals surface area contributed by atoms with Crippen LogP contribution in [0, 0.1) is 6.92 Å². The summed E-state index contributed by atoms with van der Waals surface area (Å²) in [4.78, 5) is 4.62. The largest absolute Gasteiger partial charge is 0.310 e. The molecule has 3 aromatic rings. The Morgan fingerprint density at radius 3 is 3.00 bits per heavy atom. The number of aryl methyl sites for hydroxylation is 2. The van der Waals surface area contributed by atoms with Gasteiger partial charge in [-0.3, -0.25) is 4.40 Å². The zero-order valence-corrected chi connectivity index (χ0v) is 11.6. The normalized spacial score (nSPS) is 15.2. The van der Waals surface area contributed by atoms with Gasteiger partial charge in [0, 0.05) is 19.2 Å². The van der Waals surface area contributed by atoms with E-state index in [0.29, 0.717) is 0 Å². The molecule has 4 heterocycles. The molecule has 3 aromatic heterocycles. The maximum absolute atomic E-state index is 4.62. The van der Waals surface area contributed by atoms with Crippen molar-refractivity contribution in [1.82, 2.24) is 24.1 Å². The first-order chi connectivity index (χ1) is 9.84. The molecule has 0 amide bonds. The van der Waals surface area contributed by atoms with Gasteiger partial charge in [-0.15, -0.1) is 10.2 Å². The van der Waals surface area contributed by atoms with E-state index in [2.05, 4.69) is 24.1 Å². The molecule has 0 aromatic carbocycles. The number of aromatic nitrogens is 5. The Morgan fingerprint density at radius 1 is 1.10 bits per heavy atom. The molecule has 0 radical (unpaired) electrons. The van der Waals surface area contributed by atoms with Gasteiger partial charge in [-0.1, -0.05) is 12.5 Å². The van der Waals surface area contributed by atoms with Crippen molar-refractivity contribution in [2.75, 3.05) is 0 Å². The molecule has 5 heteroatoms. The van der Waals surface area contributed by atoms with E-state index < -0.39 is 0 Å². The third-order valence-corrected chi connectivity index (χ3v) is 4.03. The standard InChI is InChI=1S/C15H17N5/c1-11-14(19-9-6-4-7-12(19)16-11)15-18-17-13-8-3-2-5-10-20(13)15/h4,6-7,9H,2-3,5,8,10H2,1H3. The van der Waals surface area contributed by atoms with Gasteiger partial charge in [0.15, 0.2) is 5.82 Å². The van der Waals surface area contributed by atoms with Crippen LogP contribution in [0.4, 0.5) is 0 Å². The highest BCUT2D eigenvalue weighted by molar-refractivity contribution is 5.61. The number of pyridine rings is 1. The van der Waals surface area contributed by atoms with Crippen LogP contribution in [-0.2, 0) is 13.0 Å². The molecular formula is C15H17N5. The van der Waals surface area contributed by atoms with Gasteiger partial charge in [-0.05, 0) is 31.9 Å². The summed E-state index contributed by atoms with van der Waals surface area (Å²) in [5, 5.41) is 8.84. The fourth-order valence-corrected chi connectivity index (χ4v) is 3.04. The van der Waals surface area contributed by atoms with Crippen molar-refractivity contribution in [2.45, 2.75) is 39.2 Å². The molecule has 20 heavy (non-hydrogen) atoms. The van der Waals surface area contributed by atoms with Crippen LogP contribution in [0.25, 0.3) is 17.2 Å². The molecule has 1 aliphatic heterocycles. The first-order valence-corrected chi connectivity index (χ1v) is 7.21. The minimum atomic E-state index is 0.957. The molecule has 102 valence electrons. The van der Waals surface area contributed by atoms with Crippen molar-refractivity contribution in [3.8, 4) is 11.5 Å². The van der Waals surface area contributed by atoms with Crippen molar-refractivity contribution in [3.05, 3.63) is 35.9 Å². The van der Waals surface area contributed by atoms with E-state index in [-0.39, 0.29) is 0 Å². The minimum Gasteiger partial charge on any atom is -0.310 e. The molecule has 0 spiro atoms. The van der Waals surface area contributed by atoms with Gasteiger partial charge >= 0.3 is 0 Å². The third-order valence-electron chi connectivity index (χ3n) is 4.03. The monoisotopic (exact) mass is 267 g/mol. The number of fused-ring (bicyclic) bond motifs is 2. The molecule has 0 fully saturated rings. The summed E-state index contributed by atoms with van der Waals surface area (Å²) in [6.45, 7) is 3.05. The average Bonchev–Trinajstić information content (AvgIpc) is 2.89. The molecule has 1 aliphatic rings. The quantitative estimate of drug-likeness (QED) is 0.681. The van der Waals surface area contributed by atoms with Gasteiger partial charge in [0.05, 0.1) is 5.69 Å². The molecule has 0 N–H and O–H groups in total. The predicted molar refractivity (Wildman–Crippen MR) is 76.5 cm³/mol. The van der Waals surface area contributed by atoms with E-state index in [9.17, 15) is 0 Å². The van der Waals surface area contributed by atoms with Gasteiger partial charge in [0.25, 0.3) is 0 Å². The van der Waals surface area contributed by atoms with Crippen molar-refractivity contribution in [2.24, 2.45) is 0 Å². The van der Waals surface area contributed by atoms with Gasteiger partial charge < -0.3 is 4.57 Å². The summed E-state index contributed by atoms with van der Waals surface area (Å²) in [7, 11) is 0. The lowest BCUT2D eigenvalue weighted by Crippen LogP contribution is -2.04. The van der Waals surface area contributed by atoms with Gasteiger partial charge in [-0.25, -0.2) is 4.98 Å². The Morgan fingerprint density at radius 2 is 2.05 bits per heavy atom. The maximum Gasteiger partial charge on any atom is 0.182 e. The Kier molecular flexibility index (Phi) is 2.58. The van der Waals surface area contributed by atoms with Crippen LogP contribution >= 0.6 is 0 Å². The second-order valence-corrected chi connectivity index (χ2v) is 5.38. The molecular weight excluding hydrogens is 250 g/mol. The van der Waals surface area contributed by atoms with E-state index >= 15 is 0 Å². The molecule has 4 rings (SSSR count). The van der Waals surface area contributed by atoms with Crippen LogP contribution in [0.2, 0.25) is 0 Å². The summed E-state index contributed by atoms with van der Waals surface area (Å²) in [5.41, 5.74) is 3.04. The lowest BCUT2D eigenvalue weighted by Gasteiger charge is -2.07. The van der Waals surface area contributed by atoms with Crippen LogP contribution in [0.15, 0.2) is 24.4 Å². The number of nitrogens with zero attached hydrogens (tertiary/aromatic N) is 5. The Balaban J connectivity index is 1.96. The van der Waals surface area contributed by atoms with Gasteiger partial charge in [0.2, 0.25) is 0 Å². The molecule has 0 unspecified atom stereocenters. The molecule has 0 saturated heterocycles. The number of hydrogen-bond acceptors (Lipinski definition) is 3. The Labute approximate surface area is 117 Å². The first-order valence-electron chi connectivity index (χ1n) is 7.21. The zero-order valence-electron chi connectivity index (χ0n) is 11.6. The van der Waals surface area contributed by atoms with E-state index in [0.717, 1.165) is 41.6 Å². The molecule has 0 aliphatic carbocycles. The highest BCUT2D eigenvalue weighted by Crippen LogP contribution is 2.26. The van der Waals surface area contributed by atoms with E-state index in [1.54, 1.807) is 0 Å². The highest BCUT2D eigenvalue weighted by atomic mass is 15.3. The minimum absolute atomic E-state index is 0.957. The summed E-state index contributed by atoms with van der Waals surface area (Å²) in [5.74, 6) is 2.07. The summed E-state index contributed by atoms with van der Waals surface area (Å²) in [6.07, 6.45) is 6.76. The number of hydrogen-bond donors (Lipinski definition) is 0. The lowest BCUT2D eigenvalue weighted by atomic mass is 10.2. The third kappa shape index (κ3) is 1.66. The van der Waals surface area contributed by atoms with Crippen molar-refractivity contribution in [3.63, 3.8) is 0 Å². The molecule has 0 atom stereocenters. The highest BCUT2D eigenvalue weighted by Gasteiger charge is 2.20. The predicted octanol–water partition coefficient (Wildman–Crippen LogP) is 2.63. The molecule has 0 bridgehead atoms. The van der Waals surface area contributed by atoms with Crippen LogP contribution in [-0.4, -0.2) is 24.1 Å². The van der Waals surface area contributed by atoms with E-state index in [4.69, 9.17) is 0 Å². The van der Waals surface area contributed by atoms with Gasteiger partial charge in [0.1, 0.15) is 17.2 Å². The van der Waals surface area contributed by atoms with E-state index in [1.165, 1.54) is 19.3 Å². The second kappa shape index (κ2) is 4.44. The summed E-state index contributed by atoms with van der Waals surface area (Å²) >= 11 is 0. The molecule has 5 nitrogen and oxygen atoms in total. The second-order valence-electron chi connectivity index (χ2n) is 5.38. The first kappa shape index (κ1) is 11.6.